The SMILES string of the molecule is COP(CCCCCP(OC)OC)OC. The van der Waals surface area contributed by atoms with Gasteiger partial charge in [0.25, 0.3) is 0 Å². The molecule has 0 aliphatic heterocycles. The van der Waals surface area contributed by atoms with Crippen molar-refractivity contribution in [2.45, 2.75) is 19.3 Å². The van der Waals surface area contributed by atoms with Crippen molar-refractivity contribution in [2.75, 3.05) is 40.8 Å². The lowest BCUT2D eigenvalue weighted by Gasteiger charge is -2.13. The Morgan fingerprint density at radius 1 is 0.600 bits per heavy atom. The van der Waals surface area contributed by atoms with Gasteiger partial charge in [-0.05, 0) is 12.8 Å². The molecule has 0 saturated carbocycles. The monoisotopic (exact) mass is 256 g/mol. The first kappa shape index (κ1) is 15.7. The first-order chi connectivity index (χ1) is 7.28. The molecule has 6 heteroatoms. The average Bonchev–Trinajstić information content (AvgIpc) is 2.29. The van der Waals surface area contributed by atoms with Crippen LogP contribution in [0.1, 0.15) is 19.3 Å². The third-order valence-corrected chi connectivity index (χ3v) is 4.99. The van der Waals surface area contributed by atoms with Gasteiger partial charge < -0.3 is 18.1 Å². The predicted octanol–water partition coefficient (Wildman–Crippen LogP) is 3.37. The topological polar surface area (TPSA) is 36.9 Å². The van der Waals surface area contributed by atoms with E-state index in [1.54, 1.807) is 28.4 Å². The van der Waals surface area contributed by atoms with Gasteiger partial charge in [0.05, 0.1) is 0 Å². The molecule has 0 amide bonds. The van der Waals surface area contributed by atoms with E-state index in [0.717, 1.165) is 25.2 Å². The standard InChI is InChI=1S/C9H22O4P2/c1-10-14(11-2)8-6-5-7-9-15(12-3)13-4/h5-9H2,1-4H3. The lowest BCUT2D eigenvalue weighted by atomic mass is 10.3. The fraction of sp³-hybridized carbons (Fsp3) is 1.00. The molecule has 15 heavy (non-hydrogen) atoms. The van der Waals surface area contributed by atoms with Crippen LogP contribution in [0.25, 0.3) is 0 Å². The summed E-state index contributed by atoms with van der Waals surface area (Å²) in [5, 5.41) is 0. The van der Waals surface area contributed by atoms with Crippen molar-refractivity contribution in [3.05, 3.63) is 0 Å². The summed E-state index contributed by atoms with van der Waals surface area (Å²) >= 11 is 0. The quantitative estimate of drug-likeness (QED) is 0.443. The molecule has 0 saturated heterocycles. The van der Waals surface area contributed by atoms with Gasteiger partial charge in [0.1, 0.15) is 0 Å². The number of hydrogen-bond donors (Lipinski definition) is 0. The average molecular weight is 256 g/mol. The fourth-order valence-corrected chi connectivity index (χ4v) is 3.16. The maximum atomic E-state index is 5.17. The Kier molecular flexibility index (Phi) is 11.7. The molecule has 92 valence electrons. The molecule has 0 aliphatic rings. The van der Waals surface area contributed by atoms with Crippen LogP contribution in [-0.2, 0) is 18.1 Å². The first-order valence-electron chi connectivity index (χ1n) is 5.00. The van der Waals surface area contributed by atoms with Crippen molar-refractivity contribution in [2.24, 2.45) is 0 Å². The Labute approximate surface area is 95.5 Å². The highest BCUT2D eigenvalue weighted by atomic mass is 31.2. The van der Waals surface area contributed by atoms with Crippen LogP contribution < -0.4 is 0 Å². The predicted molar refractivity (Wildman–Crippen MR) is 65.5 cm³/mol. The van der Waals surface area contributed by atoms with Crippen LogP contribution in [0, 0.1) is 0 Å². The maximum absolute atomic E-state index is 5.17. The van der Waals surface area contributed by atoms with Crippen molar-refractivity contribution in [3.8, 4) is 0 Å². The normalized spacial score (nSPS) is 11.6. The highest BCUT2D eigenvalue weighted by molar-refractivity contribution is 7.47. The molecule has 0 aromatic heterocycles. The van der Waals surface area contributed by atoms with E-state index in [4.69, 9.17) is 18.1 Å². The summed E-state index contributed by atoms with van der Waals surface area (Å²) in [6.07, 6.45) is 5.49. The van der Waals surface area contributed by atoms with E-state index in [-0.39, 0.29) is 0 Å². The second kappa shape index (κ2) is 11.2. The van der Waals surface area contributed by atoms with Gasteiger partial charge in [-0.15, -0.1) is 0 Å². The van der Waals surface area contributed by atoms with Gasteiger partial charge in [0.15, 0.2) is 16.8 Å². The molecule has 0 heterocycles. The second-order valence-corrected chi connectivity index (χ2v) is 6.59. The van der Waals surface area contributed by atoms with Crippen molar-refractivity contribution in [3.63, 3.8) is 0 Å². The van der Waals surface area contributed by atoms with Crippen molar-refractivity contribution < 1.29 is 18.1 Å². The van der Waals surface area contributed by atoms with Crippen LogP contribution in [0.2, 0.25) is 0 Å². The largest absolute Gasteiger partial charge is 0.337 e. The minimum atomic E-state index is -0.653. The summed E-state index contributed by atoms with van der Waals surface area (Å²) in [5.74, 6) is 0. The molecule has 0 radical (unpaired) electrons. The van der Waals surface area contributed by atoms with Crippen LogP contribution in [0.3, 0.4) is 0 Å². The number of rotatable bonds is 10. The zero-order chi connectivity index (χ0) is 11.5. The van der Waals surface area contributed by atoms with Crippen molar-refractivity contribution in [1.82, 2.24) is 0 Å². The molecule has 0 aliphatic carbocycles. The molecular formula is C9H22O4P2. The van der Waals surface area contributed by atoms with Gasteiger partial charge in [0, 0.05) is 40.8 Å². The Hall–Kier alpha value is 0.700. The van der Waals surface area contributed by atoms with Crippen LogP contribution >= 0.6 is 16.8 Å². The molecule has 0 rings (SSSR count). The number of hydrogen-bond acceptors (Lipinski definition) is 4. The third kappa shape index (κ3) is 8.50. The van der Waals surface area contributed by atoms with E-state index in [0.29, 0.717) is 0 Å². The van der Waals surface area contributed by atoms with E-state index in [2.05, 4.69) is 0 Å². The molecule has 0 fully saturated rings. The summed E-state index contributed by atoms with van der Waals surface area (Å²) in [5.41, 5.74) is 0. The highest BCUT2D eigenvalue weighted by Crippen LogP contribution is 2.39. The summed E-state index contributed by atoms with van der Waals surface area (Å²) in [4.78, 5) is 0. The van der Waals surface area contributed by atoms with Crippen LogP contribution in [0.4, 0.5) is 0 Å². The Balaban J connectivity index is 3.30. The van der Waals surface area contributed by atoms with Gasteiger partial charge in [-0.25, -0.2) is 0 Å². The summed E-state index contributed by atoms with van der Waals surface area (Å²) in [6, 6.07) is 0. The zero-order valence-electron chi connectivity index (χ0n) is 10.1. The zero-order valence-corrected chi connectivity index (χ0v) is 11.9. The van der Waals surface area contributed by atoms with Gasteiger partial charge in [-0.3, -0.25) is 0 Å². The van der Waals surface area contributed by atoms with Crippen molar-refractivity contribution in [1.29, 1.82) is 0 Å². The highest BCUT2D eigenvalue weighted by Gasteiger charge is 2.07. The Morgan fingerprint density at radius 2 is 0.933 bits per heavy atom. The molecule has 0 N–H and O–H groups in total. The van der Waals surface area contributed by atoms with E-state index in [1.807, 2.05) is 0 Å². The van der Waals surface area contributed by atoms with Crippen LogP contribution in [0.5, 0.6) is 0 Å². The molecule has 0 aromatic carbocycles. The maximum Gasteiger partial charge on any atom is 0.169 e. The van der Waals surface area contributed by atoms with Gasteiger partial charge in [0.2, 0.25) is 0 Å². The molecule has 0 spiro atoms. The molecule has 4 nitrogen and oxygen atoms in total. The smallest absolute Gasteiger partial charge is 0.169 e. The molecule has 0 atom stereocenters. The first-order valence-corrected chi connectivity index (χ1v) is 7.72. The van der Waals surface area contributed by atoms with E-state index in [9.17, 15) is 0 Å². The Bertz CT molecular complexity index is 115. The second-order valence-electron chi connectivity index (χ2n) is 2.90. The summed E-state index contributed by atoms with van der Waals surface area (Å²) < 4.78 is 20.7. The lowest BCUT2D eigenvalue weighted by molar-refractivity contribution is 0.337. The Morgan fingerprint density at radius 3 is 1.20 bits per heavy atom. The molecule has 0 unspecified atom stereocenters. The summed E-state index contributed by atoms with van der Waals surface area (Å²) in [7, 11) is 5.49. The van der Waals surface area contributed by atoms with Crippen LogP contribution in [-0.4, -0.2) is 40.8 Å². The lowest BCUT2D eigenvalue weighted by Crippen LogP contribution is -1.93. The minimum Gasteiger partial charge on any atom is -0.337 e. The van der Waals surface area contributed by atoms with E-state index < -0.39 is 16.8 Å². The summed E-state index contributed by atoms with van der Waals surface area (Å²) in [6.45, 7) is 0. The van der Waals surface area contributed by atoms with E-state index >= 15 is 0 Å². The van der Waals surface area contributed by atoms with Gasteiger partial charge in [-0.1, -0.05) is 6.42 Å². The minimum absolute atomic E-state index is 0.653. The fourth-order valence-electron chi connectivity index (χ4n) is 1.17. The molecule has 0 aromatic rings. The van der Waals surface area contributed by atoms with Gasteiger partial charge in [-0.2, -0.15) is 0 Å². The van der Waals surface area contributed by atoms with E-state index in [1.165, 1.54) is 6.42 Å². The molecule has 0 bridgehead atoms. The number of unbranched alkanes of at least 4 members (excludes halogenated alkanes) is 2. The molecular weight excluding hydrogens is 234 g/mol. The van der Waals surface area contributed by atoms with Crippen molar-refractivity contribution >= 4 is 16.8 Å². The third-order valence-electron chi connectivity index (χ3n) is 2.00. The van der Waals surface area contributed by atoms with Gasteiger partial charge >= 0.3 is 0 Å². The van der Waals surface area contributed by atoms with Crippen LogP contribution in [0.15, 0.2) is 0 Å².